The molecule has 0 aliphatic heterocycles. The number of Topliss-reactive ketones (excluding diaryl/α,β-unsaturated/α-hetero) is 1. The van der Waals surface area contributed by atoms with Crippen LogP contribution >= 0.6 is 0 Å². The Hall–Kier alpha value is -2.11. The Morgan fingerprint density at radius 2 is 2.11 bits per heavy atom. The van der Waals surface area contributed by atoms with E-state index in [0.717, 1.165) is 0 Å². The van der Waals surface area contributed by atoms with Crippen molar-refractivity contribution in [3.63, 3.8) is 0 Å². The number of carbonyl (C=O) groups excluding carboxylic acids is 1. The van der Waals surface area contributed by atoms with Crippen molar-refractivity contribution >= 4 is 5.78 Å². The van der Waals surface area contributed by atoms with Gasteiger partial charge in [0.05, 0.1) is 12.1 Å². The Morgan fingerprint density at radius 1 is 1.33 bits per heavy atom. The lowest BCUT2D eigenvalue weighted by Gasteiger charge is -2.12. The molecule has 0 spiro atoms. The molecule has 2 aromatic rings. The lowest BCUT2D eigenvalue weighted by molar-refractivity contribution is -0.119. The van der Waals surface area contributed by atoms with Crippen molar-refractivity contribution in [2.45, 2.75) is 26.7 Å². The van der Waals surface area contributed by atoms with Gasteiger partial charge in [-0.05, 0) is 12.8 Å². The zero-order valence-corrected chi connectivity index (χ0v) is 10.5. The van der Waals surface area contributed by atoms with Gasteiger partial charge in [0, 0.05) is 12.4 Å². The number of hydrogen-bond acceptors (Lipinski definition) is 6. The standard InChI is InChI=1S/C12H14N4O2/c1-7(2)10(8(3)17)12-15-11(16-18-12)9-6-13-4-5-14-9/h4-7,10H,1-3H3. The lowest BCUT2D eigenvalue weighted by Crippen LogP contribution is -2.15. The molecule has 1 atom stereocenters. The van der Waals surface area contributed by atoms with E-state index in [2.05, 4.69) is 20.1 Å². The van der Waals surface area contributed by atoms with Gasteiger partial charge in [-0.3, -0.25) is 9.78 Å². The minimum atomic E-state index is -0.372. The molecular formula is C12H14N4O2. The summed E-state index contributed by atoms with van der Waals surface area (Å²) in [5, 5.41) is 3.83. The fraction of sp³-hybridized carbons (Fsp3) is 0.417. The molecule has 2 heterocycles. The van der Waals surface area contributed by atoms with Crippen LogP contribution in [0.15, 0.2) is 23.1 Å². The Labute approximate surface area is 104 Å². The van der Waals surface area contributed by atoms with Crippen LogP contribution in [0.25, 0.3) is 11.5 Å². The van der Waals surface area contributed by atoms with Crippen molar-refractivity contribution in [2.24, 2.45) is 5.92 Å². The average molecular weight is 246 g/mol. The Morgan fingerprint density at radius 3 is 2.67 bits per heavy atom. The molecule has 6 heteroatoms. The third-order valence-electron chi connectivity index (χ3n) is 2.60. The van der Waals surface area contributed by atoms with Crippen molar-refractivity contribution in [2.75, 3.05) is 0 Å². The topological polar surface area (TPSA) is 81.8 Å². The van der Waals surface area contributed by atoms with E-state index in [1.807, 2.05) is 13.8 Å². The van der Waals surface area contributed by atoms with Crippen LogP contribution in [0.4, 0.5) is 0 Å². The van der Waals surface area contributed by atoms with E-state index < -0.39 is 0 Å². The zero-order valence-electron chi connectivity index (χ0n) is 10.5. The van der Waals surface area contributed by atoms with Crippen LogP contribution < -0.4 is 0 Å². The highest BCUT2D eigenvalue weighted by atomic mass is 16.5. The highest BCUT2D eigenvalue weighted by Gasteiger charge is 2.27. The highest BCUT2D eigenvalue weighted by molar-refractivity contribution is 5.82. The molecule has 2 rings (SSSR count). The lowest BCUT2D eigenvalue weighted by atomic mass is 9.92. The summed E-state index contributed by atoms with van der Waals surface area (Å²) >= 11 is 0. The number of nitrogens with zero attached hydrogens (tertiary/aromatic N) is 4. The SMILES string of the molecule is CC(=O)C(c1nc(-c2cnccn2)no1)C(C)C. The molecule has 2 aromatic heterocycles. The Kier molecular flexibility index (Phi) is 3.45. The third kappa shape index (κ3) is 2.42. The first kappa shape index (κ1) is 12.3. The van der Waals surface area contributed by atoms with Crippen LogP contribution in [0.2, 0.25) is 0 Å². The first-order valence-electron chi connectivity index (χ1n) is 5.70. The molecule has 0 saturated carbocycles. The van der Waals surface area contributed by atoms with E-state index in [9.17, 15) is 4.79 Å². The fourth-order valence-electron chi connectivity index (χ4n) is 1.81. The Balaban J connectivity index is 2.33. The zero-order chi connectivity index (χ0) is 13.1. The first-order chi connectivity index (χ1) is 8.59. The van der Waals surface area contributed by atoms with E-state index >= 15 is 0 Å². The number of carbonyl (C=O) groups is 1. The fourth-order valence-corrected chi connectivity index (χ4v) is 1.81. The van der Waals surface area contributed by atoms with Gasteiger partial charge in [0.1, 0.15) is 11.5 Å². The molecule has 0 aromatic carbocycles. The monoisotopic (exact) mass is 246 g/mol. The minimum Gasteiger partial charge on any atom is -0.338 e. The number of ketones is 1. The Bertz CT molecular complexity index is 536. The minimum absolute atomic E-state index is 0.0133. The van der Waals surface area contributed by atoms with Crippen LogP contribution in [0, 0.1) is 5.92 Å². The molecule has 0 amide bonds. The normalized spacial score (nSPS) is 12.7. The molecule has 0 fully saturated rings. The van der Waals surface area contributed by atoms with Crippen LogP contribution in [-0.2, 0) is 4.79 Å². The molecule has 0 bridgehead atoms. The van der Waals surface area contributed by atoms with E-state index in [1.165, 1.54) is 6.92 Å². The largest absolute Gasteiger partial charge is 0.338 e. The quantitative estimate of drug-likeness (QED) is 0.818. The second kappa shape index (κ2) is 5.03. The van der Waals surface area contributed by atoms with Gasteiger partial charge in [0.2, 0.25) is 11.7 Å². The van der Waals surface area contributed by atoms with Gasteiger partial charge < -0.3 is 4.52 Å². The highest BCUT2D eigenvalue weighted by Crippen LogP contribution is 2.25. The van der Waals surface area contributed by atoms with Gasteiger partial charge in [-0.15, -0.1) is 0 Å². The van der Waals surface area contributed by atoms with E-state index in [0.29, 0.717) is 17.4 Å². The maximum atomic E-state index is 11.6. The van der Waals surface area contributed by atoms with Gasteiger partial charge >= 0.3 is 0 Å². The summed E-state index contributed by atoms with van der Waals surface area (Å²) in [5.74, 6) is 0.433. The van der Waals surface area contributed by atoms with Gasteiger partial charge in [-0.1, -0.05) is 19.0 Å². The average Bonchev–Trinajstić information content (AvgIpc) is 2.78. The van der Waals surface area contributed by atoms with Crippen LogP contribution in [0.5, 0.6) is 0 Å². The van der Waals surface area contributed by atoms with Crippen molar-refractivity contribution in [1.82, 2.24) is 20.1 Å². The smallest absolute Gasteiger partial charge is 0.237 e. The van der Waals surface area contributed by atoms with Crippen LogP contribution in [0.1, 0.15) is 32.6 Å². The first-order valence-corrected chi connectivity index (χ1v) is 5.70. The van der Waals surface area contributed by atoms with E-state index in [1.54, 1.807) is 18.6 Å². The third-order valence-corrected chi connectivity index (χ3v) is 2.60. The van der Waals surface area contributed by atoms with E-state index in [4.69, 9.17) is 4.52 Å². The van der Waals surface area contributed by atoms with Gasteiger partial charge in [0.25, 0.3) is 0 Å². The summed E-state index contributed by atoms with van der Waals surface area (Å²) in [5.41, 5.74) is 0.526. The molecule has 18 heavy (non-hydrogen) atoms. The summed E-state index contributed by atoms with van der Waals surface area (Å²) in [7, 11) is 0. The molecule has 1 unspecified atom stereocenters. The number of aromatic nitrogens is 4. The van der Waals surface area contributed by atoms with Crippen LogP contribution in [-0.4, -0.2) is 25.9 Å². The molecule has 0 aliphatic rings. The molecule has 6 nitrogen and oxygen atoms in total. The maximum Gasteiger partial charge on any atom is 0.237 e. The summed E-state index contributed by atoms with van der Waals surface area (Å²) in [4.78, 5) is 23.8. The maximum absolute atomic E-state index is 11.6. The van der Waals surface area contributed by atoms with Crippen molar-refractivity contribution < 1.29 is 9.32 Å². The van der Waals surface area contributed by atoms with Crippen molar-refractivity contribution in [1.29, 1.82) is 0 Å². The van der Waals surface area contributed by atoms with Crippen molar-refractivity contribution in [3.8, 4) is 11.5 Å². The second-order valence-electron chi connectivity index (χ2n) is 4.38. The molecule has 0 saturated heterocycles. The van der Waals surface area contributed by atoms with Crippen molar-refractivity contribution in [3.05, 3.63) is 24.5 Å². The predicted molar refractivity (Wildman–Crippen MR) is 63.6 cm³/mol. The molecule has 94 valence electrons. The summed E-state index contributed by atoms with van der Waals surface area (Å²) < 4.78 is 5.15. The molecule has 0 radical (unpaired) electrons. The number of hydrogen-bond donors (Lipinski definition) is 0. The van der Waals surface area contributed by atoms with Gasteiger partial charge in [-0.2, -0.15) is 4.98 Å². The van der Waals surface area contributed by atoms with Gasteiger partial charge in [0.15, 0.2) is 0 Å². The molecule has 0 N–H and O–H groups in total. The second-order valence-corrected chi connectivity index (χ2v) is 4.38. The van der Waals surface area contributed by atoms with Gasteiger partial charge in [-0.25, -0.2) is 4.98 Å². The van der Waals surface area contributed by atoms with Crippen LogP contribution in [0.3, 0.4) is 0 Å². The predicted octanol–water partition coefficient (Wildman–Crippen LogP) is 1.86. The summed E-state index contributed by atoms with van der Waals surface area (Å²) in [6, 6.07) is 0. The van der Waals surface area contributed by atoms with E-state index in [-0.39, 0.29) is 17.6 Å². The number of rotatable bonds is 4. The molecule has 0 aliphatic carbocycles. The summed E-state index contributed by atoms with van der Waals surface area (Å²) in [6.45, 7) is 5.41. The molecular weight excluding hydrogens is 232 g/mol. The summed E-state index contributed by atoms with van der Waals surface area (Å²) in [6.07, 6.45) is 4.67.